The number of carbonyl (C=O) groups excluding carboxylic acids is 2. The fraction of sp³-hybridized carbons (Fsp3) is 0.130. The quantitative estimate of drug-likeness (QED) is 0.697. The average Bonchev–Trinajstić information content (AvgIpc) is 2.99. The first-order chi connectivity index (χ1) is 13.0. The molecule has 3 aromatic rings. The van der Waals surface area contributed by atoms with Crippen molar-refractivity contribution < 1.29 is 14.7 Å². The van der Waals surface area contributed by atoms with Gasteiger partial charge in [0.15, 0.2) is 5.78 Å². The number of rotatable bonds is 3. The molecule has 134 valence electrons. The summed E-state index contributed by atoms with van der Waals surface area (Å²) >= 11 is 0. The number of para-hydroxylation sites is 1. The van der Waals surface area contributed by atoms with E-state index < -0.39 is 6.04 Å². The van der Waals surface area contributed by atoms with E-state index in [9.17, 15) is 14.7 Å². The summed E-state index contributed by atoms with van der Waals surface area (Å²) in [5.74, 6) is -0.527. The number of hydrogen-bond donors (Lipinski definition) is 1. The molecule has 27 heavy (non-hydrogen) atoms. The minimum Gasteiger partial charge on any atom is -0.507 e. The van der Waals surface area contributed by atoms with Gasteiger partial charge in [-0.05, 0) is 54.8 Å². The van der Waals surface area contributed by atoms with E-state index in [1.165, 1.54) is 4.90 Å². The van der Waals surface area contributed by atoms with Crippen molar-refractivity contribution in [2.45, 2.75) is 19.9 Å². The largest absolute Gasteiger partial charge is 0.507 e. The van der Waals surface area contributed by atoms with Crippen molar-refractivity contribution in [1.82, 2.24) is 0 Å². The van der Waals surface area contributed by atoms with Gasteiger partial charge in [0.1, 0.15) is 11.8 Å². The van der Waals surface area contributed by atoms with E-state index in [1.807, 2.05) is 49.4 Å². The third-order valence-corrected chi connectivity index (χ3v) is 5.21. The number of hydrogen-bond acceptors (Lipinski definition) is 3. The molecule has 0 radical (unpaired) electrons. The first-order valence-corrected chi connectivity index (χ1v) is 8.81. The highest BCUT2D eigenvalue weighted by Crippen LogP contribution is 2.41. The number of benzene rings is 3. The van der Waals surface area contributed by atoms with Gasteiger partial charge in [0.05, 0.1) is 5.56 Å². The zero-order chi connectivity index (χ0) is 19.1. The van der Waals surface area contributed by atoms with Crippen LogP contribution in [0.4, 0.5) is 5.69 Å². The Kier molecular flexibility index (Phi) is 4.04. The second-order valence-corrected chi connectivity index (χ2v) is 6.77. The van der Waals surface area contributed by atoms with Crippen molar-refractivity contribution in [3.63, 3.8) is 0 Å². The number of fused-ring (bicyclic) bond motifs is 1. The van der Waals surface area contributed by atoms with E-state index in [0.29, 0.717) is 22.4 Å². The maximum absolute atomic E-state index is 13.5. The maximum atomic E-state index is 13.5. The Balaban J connectivity index is 1.89. The monoisotopic (exact) mass is 357 g/mol. The zero-order valence-electron chi connectivity index (χ0n) is 15.1. The number of carbonyl (C=O) groups is 2. The molecule has 0 bridgehead atoms. The third kappa shape index (κ3) is 2.61. The van der Waals surface area contributed by atoms with E-state index >= 15 is 0 Å². The summed E-state index contributed by atoms with van der Waals surface area (Å²) in [5, 5.41) is 10.6. The van der Waals surface area contributed by atoms with Crippen LogP contribution in [0.3, 0.4) is 0 Å². The van der Waals surface area contributed by atoms with Gasteiger partial charge in [-0.25, -0.2) is 0 Å². The highest BCUT2D eigenvalue weighted by atomic mass is 16.3. The predicted octanol–water partition coefficient (Wildman–Crippen LogP) is 4.59. The van der Waals surface area contributed by atoms with Gasteiger partial charge in [0, 0.05) is 11.3 Å². The van der Waals surface area contributed by atoms with Gasteiger partial charge in [0.25, 0.3) is 5.91 Å². The normalized spacial score (nSPS) is 15.7. The van der Waals surface area contributed by atoms with Crippen LogP contribution in [0, 0.1) is 13.8 Å². The fourth-order valence-corrected chi connectivity index (χ4v) is 3.58. The maximum Gasteiger partial charge on any atom is 0.259 e. The number of anilines is 1. The fourth-order valence-electron chi connectivity index (χ4n) is 3.58. The Labute approximate surface area is 157 Å². The van der Waals surface area contributed by atoms with Crippen molar-refractivity contribution in [3.05, 3.63) is 94.5 Å². The van der Waals surface area contributed by atoms with Gasteiger partial charge in [-0.3, -0.25) is 14.5 Å². The number of aromatic hydroxyl groups is 1. The van der Waals surface area contributed by atoms with E-state index in [1.54, 1.807) is 31.2 Å². The lowest BCUT2D eigenvalue weighted by Gasteiger charge is -2.25. The number of Topliss-reactive ketones (excluding diaryl/α,β-unsaturated/α-hetero) is 1. The second kappa shape index (κ2) is 6.40. The van der Waals surface area contributed by atoms with Crippen molar-refractivity contribution in [1.29, 1.82) is 0 Å². The highest BCUT2D eigenvalue weighted by molar-refractivity contribution is 6.19. The molecule has 4 nitrogen and oxygen atoms in total. The van der Waals surface area contributed by atoms with Crippen molar-refractivity contribution in [2.75, 3.05) is 4.90 Å². The van der Waals surface area contributed by atoms with Crippen LogP contribution in [0.1, 0.15) is 43.4 Å². The van der Waals surface area contributed by atoms with Crippen molar-refractivity contribution >= 4 is 17.4 Å². The summed E-state index contributed by atoms with van der Waals surface area (Å²) < 4.78 is 0. The minimum absolute atomic E-state index is 0.0233. The van der Waals surface area contributed by atoms with E-state index in [0.717, 1.165) is 5.56 Å². The Bertz CT molecular complexity index is 1060. The van der Waals surface area contributed by atoms with Gasteiger partial charge in [-0.2, -0.15) is 0 Å². The SMILES string of the molecule is Cc1ccc(C(=O)[C@H]2c3ccccc3C(=O)N2c2ccccc2)c(O)c1C. The summed E-state index contributed by atoms with van der Waals surface area (Å²) in [5.41, 5.74) is 3.64. The summed E-state index contributed by atoms with van der Waals surface area (Å²) in [4.78, 5) is 28.0. The topological polar surface area (TPSA) is 57.6 Å². The van der Waals surface area contributed by atoms with E-state index in [2.05, 4.69) is 0 Å². The number of amides is 1. The standard InChI is InChI=1S/C23H19NO3/c1-14-12-13-19(21(25)15(14)2)22(26)20-17-10-6-7-11-18(17)23(27)24(20)16-8-4-3-5-9-16/h3-13,20,25H,1-2H3/t20-/m1/s1. The van der Waals surface area contributed by atoms with Gasteiger partial charge >= 0.3 is 0 Å². The van der Waals surface area contributed by atoms with Crippen LogP contribution in [-0.2, 0) is 0 Å². The molecule has 0 saturated heterocycles. The summed E-state index contributed by atoms with van der Waals surface area (Å²) in [6, 6.07) is 19.0. The smallest absolute Gasteiger partial charge is 0.259 e. The lowest BCUT2D eigenvalue weighted by molar-refractivity contribution is 0.0914. The van der Waals surface area contributed by atoms with Crippen LogP contribution in [0.15, 0.2) is 66.7 Å². The molecular weight excluding hydrogens is 338 g/mol. The van der Waals surface area contributed by atoms with Gasteiger partial charge < -0.3 is 5.11 Å². The van der Waals surface area contributed by atoms with Crippen LogP contribution in [0.25, 0.3) is 0 Å². The molecule has 1 atom stereocenters. The minimum atomic E-state index is -0.802. The summed E-state index contributed by atoms with van der Waals surface area (Å²) in [6.45, 7) is 3.66. The molecule has 0 unspecified atom stereocenters. The predicted molar refractivity (Wildman–Crippen MR) is 104 cm³/mol. The van der Waals surface area contributed by atoms with Crippen LogP contribution in [0.5, 0.6) is 5.75 Å². The summed E-state index contributed by atoms with van der Waals surface area (Å²) in [6.07, 6.45) is 0. The summed E-state index contributed by atoms with van der Waals surface area (Å²) in [7, 11) is 0. The number of phenolic OH excluding ortho intramolecular Hbond substituents is 1. The molecule has 3 aromatic carbocycles. The van der Waals surface area contributed by atoms with Gasteiger partial charge in [-0.15, -0.1) is 0 Å². The first-order valence-electron chi connectivity index (χ1n) is 8.81. The molecule has 0 saturated carbocycles. The average molecular weight is 357 g/mol. The molecule has 4 heteroatoms. The number of ketones is 1. The molecule has 1 aliphatic heterocycles. The lowest BCUT2D eigenvalue weighted by atomic mass is 9.93. The van der Waals surface area contributed by atoms with Crippen LogP contribution < -0.4 is 4.90 Å². The van der Waals surface area contributed by atoms with Crippen molar-refractivity contribution in [2.24, 2.45) is 0 Å². The van der Waals surface area contributed by atoms with Gasteiger partial charge in [0.2, 0.25) is 0 Å². The Morgan fingerprint density at radius 2 is 1.59 bits per heavy atom. The molecule has 1 amide bonds. The molecule has 4 rings (SSSR count). The Hall–Kier alpha value is -3.40. The molecule has 0 spiro atoms. The van der Waals surface area contributed by atoms with Crippen molar-refractivity contribution in [3.8, 4) is 5.75 Å². The lowest BCUT2D eigenvalue weighted by Crippen LogP contribution is -2.32. The molecule has 1 N–H and O–H groups in total. The van der Waals surface area contributed by atoms with Gasteiger partial charge in [-0.1, -0.05) is 42.5 Å². The Morgan fingerprint density at radius 3 is 2.33 bits per heavy atom. The number of aryl methyl sites for hydroxylation is 1. The number of phenols is 1. The number of nitrogens with zero attached hydrogens (tertiary/aromatic N) is 1. The molecule has 0 aromatic heterocycles. The molecule has 0 fully saturated rings. The van der Waals surface area contributed by atoms with Crippen LogP contribution in [-0.4, -0.2) is 16.8 Å². The molecule has 1 heterocycles. The van der Waals surface area contributed by atoms with Crippen LogP contribution in [0.2, 0.25) is 0 Å². The van der Waals surface area contributed by atoms with E-state index in [-0.39, 0.29) is 23.0 Å². The highest BCUT2D eigenvalue weighted by Gasteiger charge is 2.42. The first kappa shape index (κ1) is 17.0. The molecule has 1 aliphatic rings. The second-order valence-electron chi connectivity index (χ2n) is 6.77. The third-order valence-electron chi connectivity index (χ3n) is 5.21. The molecular formula is C23H19NO3. The molecule has 0 aliphatic carbocycles. The van der Waals surface area contributed by atoms with Crippen LogP contribution >= 0.6 is 0 Å². The zero-order valence-corrected chi connectivity index (χ0v) is 15.1. The van der Waals surface area contributed by atoms with E-state index in [4.69, 9.17) is 0 Å². The Morgan fingerprint density at radius 1 is 0.926 bits per heavy atom.